The molecule has 2 aliphatic rings. The van der Waals surface area contributed by atoms with E-state index in [0.29, 0.717) is 47.8 Å². The zero-order valence-corrected chi connectivity index (χ0v) is 22.9. The van der Waals surface area contributed by atoms with Gasteiger partial charge in [0.2, 0.25) is 5.91 Å². The van der Waals surface area contributed by atoms with Gasteiger partial charge >= 0.3 is 0 Å². The Balaban J connectivity index is 1.14. The van der Waals surface area contributed by atoms with E-state index in [2.05, 4.69) is 23.5 Å². The molecular weight excluding hydrogens is 502 g/mol. The third-order valence-corrected chi connectivity index (χ3v) is 7.54. The molecule has 5 rings (SSSR count). The smallest absolute Gasteiger partial charge is 0.266 e. The van der Waals surface area contributed by atoms with Crippen LogP contribution in [0.2, 0.25) is 0 Å². The summed E-state index contributed by atoms with van der Waals surface area (Å²) in [5, 5.41) is 2.96. The fourth-order valence-electron chi connectivity index (χ4n) is 5.33. The fourth-order valence-corrected chi connectivity index (χ4v) is 5.33. The van der Waals surface area contributed by atoms with E-state index in [9.17, 15) is 19.2 Å². The van der Waals surface area contributed by atoms with Crippen LogP contribution < -0.4 is 10.2 Å². The average Bonchev–Trinajstić information content (AvgIpc) is 3.22. The lowest BCUT2D eigenvalue weighted by molar-refractivity contribution is -0.116. The number of piperidine rings is 1. The third-order valence-electron chi connectivity index (χ3n) is 7.54. The van der Waals surface area contributed by atoms with Crippen LogP contribution in [0.25, 0.3) is 0 Å². The first kappa shape index (κ1) is 27.1. The summed E-state index contributed by atoms with van der Waals surface area (Å²) in [5.74, 6) is -0.400. The summed E-state index contributed by atoms with van der Waals surface area (Å²) in [5.41, 5.74) is 4.98. The number of allylic oxidation sites excluding steroid dienone is 2. The number of hydrogen-bond donors (Lipinski definition) is 1. The predicted molar refractivity (Wildman–Crippen MR) is 156 cm³/mol. The summed E-state index contributed by atoms with van der Waals surface area (Å²) in [4.78, 5) is 53.8. The second-order valence-corrected chi connectivity index (χ2v) is 10.6. The van der Waals surface area contributed by atoms with Crippen molar-refractivity contribution in [1.82, 2.24) is 4.90 Å². The van der Waals surface area contributed by atoms with E-state index < -0.39 is 0 Å². The molecule has 7 heteroatoms. The highest BCUT2D eigenvalue weighted by Crippen LogP contribution is 2.31. The molecule has 0 aromatic heterocycles. The van der Waals surface area contributed by atoms with Crippen molar-refractivity contribution in [2.45, 2.75) is 45.4 Å². The number of carbonyl (C=O) groups is 4. The molecule has 2 heterocycles. The largest absolute Gasteiger partial charge is 0.339 e. The van der Waals surface area contributed by atoms with Crippen LogP contribution in [-0.4, -0.2) is 41.6 Å². The number of carbonyl (C=O) groups excluding carboxylic acids is 4. The Hall–Kier alpha value is -4.52. The minimum Gasteiger partial charge on any atom is -0.339 e. The van der Waals surface area contributed by atoms with Crippen LogP contribution in [0.3, 0.4) is 0 Å². The molecule has 204 valence electrons. The highest BCUT2D eigenvalue weighted by Gasteiger charge is 2.36. The zero-order valence-electron chi connectivity index (χ0n) is 22.9. The first-order chi connectivity index (χ1) is 19.3. The lowest BCUT2D eigenvalue weighted by Gasteiger charge is -2.32. The molecular formula is C33H33N3O4. The summed E-state index contributed by atoms with van der Waals surface area (Å²) in [6, 6.07) is 21.5. The monoisotopic (exact) mass is 535 g/mol. The molecule has 1 N–H and O–H groups in total. The maximum absolute atomic E-state index is 13.2. The number of hydrogen-bond acceptors (Lipinski definition) is 4. The number of anilines is 2. The van der Waals surface area contributed by atoms with Gasteiger partial charge in [-0.05, 0) is 93.1 Å². The first-order valence-electron chi connectivity index (χ1n) is 13.7. The van der Waals surface area contributed by atoms with E-state index in [1.807, 2.05) is 30.9 Å². The summed E-state index contributed by atoms with van der Waals surface area (Å²) < 4.78 is 0. The van der Waals surface area contributed by atoms with E-state index in [1.54, 1.807) is 48.5 Å². The minimum atomic E-state index is -0.350. The molecule has 0 radical (unpaired) electrons. The number of benzene rings is 3. The van der Waals surface area contributed by atoms with Gasteiger partial charge in [0.1, 0.15) is 0 Å². The van der Waals surface area contributed by atoms with E-state index in [1.165, 1.54) is 11.1 Å². The molecule has 4 amide bonds. The van der Waals surface area contributed by atoms with Crippen molar-refractivity contribution in [3.8, 4) is 0 Å². The van der Waals surface area contributed by atoms with Gasteiger partial charge in [0.15, 0.2) is 0 Å². The number of rotatable bonds is 7. The molecule has 7 nitrogen and oxygen atoms in total. The Bertz CT molecular complexity index is 1430. The van der Waals surface area contributed by atoms with Crippen molar-refractivity contribution in [2.75, 3.05) is 23.3 Å². The Morgan fingerprint density at radius 2 is 1.45 bits per heavy atom. The van der Waals surface area contributed by atoms with Gasteiger partial charge in [-0.1, -0.05) is 35.9 Å². The normalized spacial score (nSPS) is 15.2. The standard InChI is InChI=1S/C33H33N3O4/c1-22(2)6-5-9-30(37)34-26-14-10-23(11-15-26)24-18-20-35(21-19-24)31(38)25-12-16-27(17-13-25)36-32(39)28-7-3-4-8-29(28)33(36)40/h3-4,6-8,10-17,24H,5,9,18-21H2,1-2H3,(H,34,37). The second kappa shape index (κ2) is 11.7. The second-order valence-electron chi connectivity index (χ2n) is 10.6. The van der Waals surface area contributed by atoms with Gasteiger partial charge < -0.3 is 10.2 Å². The topological polar surface area (TPSA) is 86.8 Å². The summed E-state index contributed by atoms with van der Waals surface area (Å²) >= 11 is 0. The summed E-state index contributed by atoms with van der Waals surface area (Å²) in [6.45, 7) is 5.34. The number of nitrogens with one attached hydrogen (secondary N) is 1. The zero-order chi connectivity index (χ0) is 28.2. The molecule has 0 unspecified atom stereocenters. The Kier molecular flexibility index (Phi) is 7.91. The average molecular weight is 536 g/mol. The van der Waals surface area contributed by atoms with Crippen LogP contribution in [0.15, 0.2) is 84.4 Å². The quantitative estimate of drug-likeness (QED) is 0.289. The van der Waals surface area contributed by atoms with Crippen molar-refractivity contribution >= 4 is 35.0 Å². The van der Waals surface area contributed by atoms with E-state index in [-0.39, 0.29) is 23.6 Å². The lowest BCUT2D eigenvalue weighted by Crippen LogP contribution is -2.38. The Labute approximate surface area is 234 Å². The van der Waals surface area contributed by atoms with Gasteiger partial charge in [0.25, 0.3) is 17.7 Å². The van der Waals surface area contributed by atoms with Gasteiger partial charge in [-0.2, -0.15) is 0 Å². The first-order valence-corrected chi connectivity index (χ1v) is 13.7. The number of nitrogens with zero attached hydrogens (tertiary/aromatic N) is 2. The molecule has 0 bridgehead atoms. The van der Waals surface area contributed by atoms with Crippen molar-refractivity contribution < 1.29 is 19.2 Å². The van der Waals surface area contributed by atoms with Crippen molar-refractivity contribution in [3.63, 3.8) is 0 Å². The van der Waals surface area contributed by atoms with Gasteiger partial charge in [0.05, 0.1) is 16.8 Å². The van der Waals surface area contributed by atoms with Crippen LogP contribution in [0.1, 0.15) is 82.1 Å². The highest BCUT2D eigenvalue weighted by molar-refractivity contribution is 6.34. The maximum atomic E-state index is 13.2. The van der Waals surface area contributed by atoms with Crippen LogP contribution in [-0.2, 0) is 4.79 Å². The van der Waals surface area contributed by atoms with Crippen LogP contribution in [0, 0.1) is 0 Å². The lowest BCUT2D eigenvalue weighted by atomic mass is 9.89. The van der Waals surface area contributed by atoms with Gasteiger partial charge in [-0.25, -0.2) is 4.90 Å². The van der Waals surface area contributed by atoms with Crippen molar-refractivity contribution in [1.29, 1.82) is 0 Å². The molecule has 40 heavy (non-hydrogen) atoms. The molecule has 1 saturated heterocycles. The SMILES string of the molecule is CC(C)=CCCC(=O)Nc1ccc(C2CCN(C(=O)c3ccc(N4C(=O)c5ccccc5C4=O)cc3)CC2)cc1. The highest BCUT2D eigenvalue weighted by atomic mass is 16.2. The number of fused-ring (bicyclic) bond motifs is 1. The minimum absolute atomic E-state index is 0.00817. The third kappa shape index (κ3) is 5.73. The molecule has 3 aromatic rings. The van der Waals surface area contributed by atoms with E-state index in [0.717, 1.165) is 29.8 Å². The van der Waals surface area contributed by atoms with Gasteiger partial charge in [-0.15, -0.1) is 0 Å². The number of amides is 4. The molecule has 3 aromatic carbocycles. The Morgan fingerprint density at radius 1 is 0.850 bits per heavy atom. The Morgan fingerprint density at radius 3 is 2.02 bits per heavy atom. The van der Waals surface area contributed by atoms with Gasteiger partial charge in [-0.3, -0.25) is 19.2 Å². The van der Waals surface area contributed by atoms with Crippen LogP contribution in [0.5, 0.6) is 0 Å². The number of imide groups is 1. The molecule has 0 atom stereocenters. The molecule has 2 aliphatic heterocycles. The maximum Gasteiger partial charge on any atom is 0.266 e. The summed E-state index contributed by atoms with van der Waals surface area (Å²) in [7, 11) is 0. The number of likely N-dealkylation sites (tertiary alicyclic amines) is 1. The molecule has 0 aliphatic carbocycles. The van der Waals surface area contributed by atoms with E-state index in [4.69, 9.17) is 0 Å². The summed E-state index contributed by atoms with van der Waals surface area (Å²) in [6.07, 6.45) is 4.97. The fraction of sp³-hybridized carbons (Fsp3) is 0.273. The van der Waals surface area contributed by atoms with Crippen molar-refractivity contribution in [3.05, 3.63) is 107 Å². The molecule has 1 fully saturated rings. The van der Waals surface area contributed by atoms with Crippen LogP contribution in [0.4, 0.5) is 11.4 Å². The van der Waals surface area contributed by atoms with Crippen molar-refractivity contribution in [2.24, 2.45) is 0 Å². The molecule has 0 spiro atoms. The van der Waals surface area contributed by atoms with Gasteiger partial charge in [0, 0.05) is 30.8 Å². The predicted octanol–water partition coefficient (Wildman–Crippen LogP) is 6.19. The molecule has 0 saturated carbocycles. The van der Waals surface area contributed by atoms with Crippen LogP contribution >= 0.6 is 0 Å². The van der Waals surface area contributed by atoms with E-state index >= 15 is 0 Å².